The predicted molar refractivity (Wildman–Crippen MR) is 143 cm³/mol. The number of nitrogens with zero attached hydrogens (tertiary/aromatic N) is 3. The Hall–Kier alpha value is -3.12. The van der Waals surface area contributed by atoms with E-state index in [1.807, 2.05) is 6.07 Å². The number of carbonyl (C=O) groups excluding carboxylic acids is 1. The summed E-state index contributed by atoms with van der Waals surface area (Å²) in [4.78, 5) is 16.3. The lowest BCUT2D eigenvalue weighted by Gasteiger charge is -2.52. The van der Waals surface area contributed by atoms with E-state index in [9.17, 15) is 27.6 Å². The molecular weight excluding hydrogens is 522 g/mol. The highest BCUT2D eigenvalue weighted by Gasteiger charge is 2.55. The summed E-state index contributed by atoms with van der Waals surface area (Å²) in [6.45, 7) is 5.68. The number of hydrogen-bond acceptors (Lipinski definition) is 5. The van der Waals surface area contributed by atoms with Crippen molar-refractivity contribution in [2.75, 3.05) is 37.6 Å². The molecule has 0 N–H and O–H groups in total. The molecule has 1 saturated carbocycles. The summed E-state index contributed by atoms with van der Waals surface area (Å²) in [6.07, 6.45) is -2.38. The lowest BCUT2D eigenvalue weighted by atomic mass is 9.54. The van der Waals surface area contributed by atoms with Gasteiger partial charge in [-0.25, -0.2) is 4.39 Å². The summed E-state index contributed by atoms with van der Waals surface area (Å²) in [6, 6.07) is 15.6. The molecule has 0 amide bonds. The molecule has 3 unspecified atom stereocenters. The van der Waals surface area contributed by atoms with Crippen LogP contribution in [0, 0.1) is 34.9 Å². The first kappa shape index (κ1) is 28.4. The van der Waals surface area contributed by atoms with Crippen molar-refractivity contribution >= 4 is 11.7 Å². The van der Waals surface area contributed by atoms with E-state index in [1.54, 1.807) is 30.3 Å². The van der Waals surface area contributed by atoms with E-state index in [0.717, 1.165) is 57.7 Å². The summed E-state index contributed by atoms with van der Waals surface area (Å²) in [7, 11) is 0. The molecule has 1 aliphatic carbocycles. The highest BCUT2D eigenvalue weighted by molar-refractivity contribution is 5.66. The predicted octanol–water partition coefficient (Wildman–Crippen LogP) is 5.88. The second kappa shape index (κ2) is 11.4. The molecule has 2 aromatic rings. The number of esters is 1. The van der Waals surface area contributed by atoms with Gasteiger partial charge in [0.05, 0.1) is 17.9 Å². The number of carbonyl (C=O) groups is 1. The highest BCUT2D eigenvalue weighted by atomic mass is 19.4. The summed E-state index contributed by atoms with van der Waals surface area (Å²) in [5.74, 6) is -0.408. The highest BCUT2D eigenvalue weighted by Crippen LogP contribution is 2.52. The van der Waals surface area contributed by atoms with Gasteiger partial charge in [-0.1, -0.05) is 24.3 Å². The molecule has 0 aromatic heterocycles. The quantitative estimate of drug-likeness (QED) is 0.300. The van der Waals surface area contributed by atoms with Gasteiger partial charge in [-0.05, 0) is 80.1 Å². The van der Waals surface area contributed by atoms with Gasteiger partial charge in [0, 0.05) is 44.1 Å². The summed E-state index contributed by atoms with van der Waals surface area (Å²) >= 11 is 0. The van der Waals surface area contributed by atoms with E-state index in [2.05, 4.69) is 15.9 Å². The normalized spacial score (nSPS) is 23.9. The number of hydrogen-bond donors (Lipinski definition) is 0. The molecule has 40 heavy (non-hydrogen) atoms. The molecule has 0 spiro atoms. The number of benzene rings is 2. The Balaban J connectivity index is 1.19. The van der Waals surface area contributed by atoms with Crippen molar-refractivity contribution in [2.24, 2.45) is 17.8 Å². The maximum atomic E-state index is 14.3. The van der Waals surface area contributed by atoms with Crippen molar-refractivity contribution in [1.82, 2.24) is 4.90 Å². The number of halogens is 4. The van der Waals surface area contributed by atoms with Crippen LogP contribution in [-0.2, 0) is 21.4 Å². The summed E-state index contributed by atoms with van der Waals surface area (Å²) in [5, 5.41) is 10.6. The van der Waals surface area contributed by atoms with E-state index >= 15 is 0 Å². The molecule has 214 valence electrons. The van der Waals surface area contributed by atoms with Gasteiger partial charge in [0.2, 0.25) is 0 Å². The van der Waals surface area contributed by atoms with Crippen molar-refractivity contribution in [3.05, 3.63) is 65.5 Å². The molecule has 3 aliphatic rings. The van der Waals surface area contributed by atoms with Gasteiger partial charge in [0.15, 0.2) is 0 Å². The monoisotopic (exact) mass is 557 g/mol. The second-order valence-electron chi connectivity index (χ2n) is 11.6. The van der Waals surface area contributed by atoms with E-state index in [1.165, 1.54) is 19.1 Å². The third-order valence-electron chi connectivity index (χ3n) is 9.01. The molecule has 2 heterocycles. The molecule has 0 bridgehead atoms. The first-order chi connectivity index (χ1) is 19.1. The molecule has 3 fully saturated rings. The Bertz CT molecular complexity index is 1230. The molecule has 9 heteroatoms. The van der Waals surface area contributed by atoms with Crippen LogP contribution in [0.2, 0.25) is 0 Å². The van der Waals surface area contributed by atoms with Gasteiger partial charge >= 0.3 is 12.1 Å². The fraction of sp³-hybridized carbons (Fsp3) is 0.548. The molecule has 2 saturated heterocycles. The van der Waals surface area contributed by atoms with E-state index in [4.69, 9.17) is 4.74 Å². The van der Waals surface area contributed by atoms with Gasteiger partial charge in [-0.15, -0.1) is 0 Å². The van der Waals surface area contributed by atoms with Gasteiger partial charge in [-0.2, -0.15) is 18.4 Å². The number of rotatable bonds is 8. The van der Waals surface area contributed by atoms with E-state index < -0.39 is 18.0 Å². The van der Waals surface area contributed by atoms with Crippen molar-refractivity contribution in [1.29, 1.82) is 5.26 Å². The van der Waals surface area contributed by atoms with Crippen molar-refractivity contribution in [2.45, 2.75) is 56.7 Å². The Morgan fingerprint density at radius 2 is 1.75 bits per heavy atom. The third kappa shape index (κ3) is 5.97. The Labute approximate surface area is 232 Å². The molecule has 5 rings (SSSR count). The van der Waals surface area contributed by atoms with Crippen LogP contribution in [-0.4, -0.2) is 55.9 Å². The van der Waals surface area contributed by atoms with Crippen LogP contribution < -0.4 is 4.90 Å². The maximum absolute atomic E-state index is 14.3. The standard InChI is InChI=1S/C31H35F4N3O2/c1-21(39)40-29-10-9-28(29)30(20-36,25-3-2-4-26(32)15-25)24-11-13-37(14-12-24)17-23-18-38(19-23)27-7-5-22(6-8-27)16-31(33,34)35/h2-8,15,23-24,28-29H,9-14,16-19H2,1H3. The van der Waals surface area contributed by atoms with Crippen molar-refractivity contribution < 1.29 is 27.1 Å². The van der Waals surface area contributed by atoms with Gasteiger partial charge in [0.1, 0.15) is 11.9 Å². The molecule has 5 nitrogen and oxygen atoms in total. The SMILES string of the molecule is CC(=O)OC1CCC1C(C#N)(c1cccc(F)c1)C1CCN(CC2CN(c3ccc(CC(F)(F)F)cc3)C2)CC1. The summed E-state index contributed by atoms with van der Waals surface area (Å²) < 4.78 is 57.8. The largest absolute Gasteiger partial charge is 0.462 e. The molecular formula is C31H35F4N3O2. The van der Waals surface area contributed by atoms with Gasteiger partial charge < -0.3 is 14.5 Å². The smallest absolute Gasteiger partial charge is 0.393 e. The van der Waals surface area contributed by atoms with Crippen LogP contribution in [0.4, 0.5) is 23.2 Å². The Morgan fingerprint density at radius 3 is 2.30 bits per heavy atom. The van der Waals surface area contributed by atoms with Crippen LogP contribution in [0.3, 0.4) is 0 Å². The molecule has 2 aromatic carbocycles. The average Bonchev–Trinajstić information content (AvgIpc) is 2.87. The number of piperidine rings is 1. The number of ether oxygens (including phenoxy) is 1. The second-order valence-corrected chi connectivity index (χ2v) is 11.6. The number of likely N-dealkylation sites (tertiary alicyclic amines) is 1. The zero-order valence-electron chi connectivity index (χ0n) is 22.7. The number of alkyl halides is 3. The fourth-order valence-electron chi connectivity index (χ4n) is 6.97. The number of nitriles is 1. The fourth-order valence-corrected chi connectivity index (χ4v) is 6.97. The maximum Gasteiger partial charge on any atom is 0.393 e. The van der Waals surface area contributed by atoms with Gasteiger partial charge in [0.25, 0.3) is 0 Å². The first-order valence-corrected chi connectivity index (χ1v) is 14.0. The van der Waals surface area contributed by atoms with Crippen LogP contribution in [0.15, 0.2) is 48.5 Å². The van der Waals surface area contributed by atoms with Crippen molar-refractivity contribution in [3.63, 3.8) is 0 Å². The van der Waals surface area contributed by atoms with Crippen LogP contribution in [0.1, 0.15) is 43.7 Å². The molecule has 2 aliphatic heterocycles. The minimum atomic E-state index is -4.21. The Morgan fingerprint density at radius 1 is 1.05 bits per heavy atom. The summed E-state index contributed by atoms with van der Waals surface area (Å²) in [5.41, 5.74) is 0.964. The minimum absolute atomic E-state index is 0.0204. The van der Waals surface area contributed by atoms with Crippen LogP contribution >= 0.6 is 0 Å². The lowest BCUT2D eigenvalue weighted by Crippen LogP contribution is -2.56. The van der Waals surface area contributed by atoms with Crippen LogP contribution in [0.25, 0.3) is 0 Å². The van der Waals surface area contributed by atoms with E-state index in [0.29, 0.717) is 17.9 Å². The minimum Gasteiger partial charge on any atom is -0.462 e. The van der Waals surface area contributed by atoms with Crippen LogP contribution in [0.5, 0.6) is 0 Å². The average molecular weight is 558 g/mol. The molecule has 3 atom stereocenters. The van der Waals surface area contributed by atoms with E-state index in [-0.39, 0.29) is 35.3 Å². The zero-order valence-corrected chi connectivity index (χ0v) is 22.7. The van der Waals surface area contributed by atoms with Gasteiger partial charge in [-0.3, -0.25) is 4.79 Å². The first-order valence-electron chi connectivity index (χ1n) is 14.0. The lowest BCUT2D eigenvalue weighted by molar-refractivity contribution is -0.159. The third-order valence-corrected chi connectivity index (χ3v) is 9.01. The molecule has 0 radical (unpaired) electrons. The number of anilines is 1. The zero-order chi connectivity index (χ0) is 28.5. The van der Waals surface area contributed by atoms with Crippen molar-refractivity contribution in [3.8, 4) is 6.07 Å². The topological polar surface area (TPSA) is 56.6 Å². The Kier molecular flexibility index (Phi) is 8.10.